The maximum atomic E-state index is 12.2. The van der Waals surface area contributed by atoms with Crippen molar-refractivity contribution >= 4 is 23.5 Å². The molecule has 0 bridgehead atoms. The molecule has 0 aliphatic carbocycles. The minimum atomic E-state index is -0.374. The van der Waals surface area contributed by atoms with Crippen LogP contribution in [0.15, 0.2) is 47.6 Å². The Morgan fingerprint density at radius 1 is 1.36 bits per heavy atom. The molecule has 0 atom stereocenters. The van der Waals surface area contributed by atoms with Crippen LogP contribution in [0.25, 0.3) is 10.6 Å². The molecule has 3 aromatic rings. The monoisotopic (exact) mass is 354 g/mol. The molecule has 128 valence electrons. The number of aryl methyl sites for hydroxylation is 1. The van der Waals surface area contributed by atoms with Crippen LogP contribution in [0, 0.1) is 6.92 Å². The molecule has 0 saturated heterocycles. The number of para-hydroxylation sites is 1. The number of amides is 1. The van der Waals surface area contributed by atoms with Crippen molar-refractivity contribution in [3.63, 3.8) is 0 Å². The van der Waals surface area contributed by atoms with Crippen LogP contribution in [0.5, 0.6) is 5.75 Å². The number of H-pyrrole nitrogens is 1. The molecule has 0 spiro atoms. The van der Waals surface area contributed by atoms with Crippen LogP contribution in [0.2, 0.25) is 0 Å². The first kappa shape index (κ1) is 16.9. The van der Waals surface area contributed by atoms with Crippen molar-refractivity contribution in [2.45, 2.75) is 13.8 Å². The summed E-state index contributed by atoms with van der Waals surface area (Å²) in [5, 5.41) is 10.9. The number of hydrogen-bond acceptors (Lipinski definition) is 5. The lowest BCUT2D eigenvalue weighted by Gasteiger charge is -2.05. The highest BCUT2D eigenvalue weighted by Crippen LogP contribution is 2.26. The second-order valence-electron chi connectivity index (χ2n) is 5.25. The zero-order valence-corrected chi connectivity index (χ0v) is 14.8. The van der Waals surface area contributed by atoms with Crippen LogP contribution >= 0.6 is 11.3 Å². The number of hydrazone groups is 1. The first-order valence-corrected chi connectivity index (χ1v) is 8.66. The number of hydrogen-bond donors (Lipinski definition) is 2. The van der Waals surface area contributed by atoms with E-state index in [2.05, 4.69) is 20.7 Å². The van der Waals surface area contributed by atoms with Gasteiger partial charge in [-0.3, -0.25) is 9.89 Å². The minimum absolute atomic E-state index is 0.288. The highest BCUT2D eigenvalue weighted by atomic mass is 32.1. The number of carbonyl (C=O) groups excluding carboxylic acids is 1. The Balaban J connectivity index is 1.66. The van der Waals surface area contributed by atoms with Gasteiger partial charge in [0.25, 0.3) is 5.91 Å². The van der Waals surface area contributed by atoms with Gasteiger partial charge in [0.2, 0.25) is 0 Å². The van der Waals surface area contributed by atoms with Crippen molar-refractivity contribution in [3.8, 4) is 16.3 Å². The second-order valence-corrected chi connectivity index (χ2v) is 6.54. The molecule has 7 heteroatoms. The van der Waals surface area contributed by atoms with Gasteiger partial charge in [0, 0.05) is 10.4 Å². The van der Waals surface area contributed by atoms with Crippen molar-refractivity contribution in [1.82, 2.24) is 15.6 Å². The van der Waals surface area contributed by atoms with Crippen molar-refractivity contribution in [2.75, 3.05) is 6.61 Å². The third kappa shape index (κ3) is 4.13. The maximum absolute atomic E-state index is 12.2. The average Bonchev–Trinajstić information content (AvgIpc) is 3.25. The van der Waals surface area contributed by atoms with Crippen LogP contribution in [-0.2, 0) is 0 Å². The van der Waals surface area contributed by atoms with Crippen LogP contribution in [-0.4, -0.2) is 28.9 Å². The molecule has 0 aliphatic rings. The Bertz CT molecular complexity index is 898. The number of nitrogens with one attached hydrogen (secondary N) is 2. The molecule has 0 unspecified atom stereocenters. The molecular formula is C18H18N4O2S. The van der Waals surface area contributed by atoms with E-state index in [0.717, 1.165) is 21.9 Å². The Labute approximate surface area is 149 Å². The van der Waals surface area contributed by atoms with E-state index in [9.17, 15) is 4.79 Å². The predicted octanol–water partition coefficient (Wildman–Crippen LogP) is 3.61. The quantitative estimate of drug-likeness (QED) is 0.524. The Hall–Kier alpha value is -2.93. The number of thiophene rings is 1. The van der Waals surface area contributed by atoms with Gasteiger partial charge in [-0.05, 0) is 44.2 Å². The minimum Gasteiger partial charge on any atom is -0.493 e. The predicted molar refractivity (Wildman–Crippen MR) is 99.3 cm³/mol. The zero-order chi connectivity index (χ0) is 17.6. The van der Waals surface area contributed by atoms with Gasteiger partial charge < -0.3 is 4.74 Å². The van der Waals surface area contributed by atoms with E-state index < -0.39 is 0 Å². The molecule has 1 amide bonds. The van der Waals surface area contributed by atoms with Gasteiger partial charge in [0.15, 0.2) is 5.69 Å². The number of aromatic nitrogens is 2. The van der Waals surface area contributed by atoms with Crippen molar-refractivity contribution in [1.29, 1.82) is 0 Å². The highest BCUT2D eigenvalue weighted by molar-refractivity contribution is 7.15. The molecule has 2 aromatic heterocycles. The van der Waals surface area contributed by atoms with Crippen molar-refractivity contribution in [3.05, 3.63) is 58.6 Å². The summed E-state index contributed by atoms with van der Waals surface area (Å²) in [6.45, 7) is 4.52. The standard InChI is InChI=1S/C18H18N4O2S/c1-3-24-16-7-5-4-6-13(16)11-19-22-18(23)15-10-14(20-21-15)17-9-8-12(2)25-17/h4-11H,3H2,1-2H3,(H,20,21)(H,22,23). The number of benzene rings is 1. The fourth-order valence-electron chi connectivity index (χ4n) is 2.24. The number of rotatable bonds is 6. The van der Waals surface area contributed by atoms with E-state index in [0.29, 0.717) is 6.61 Å². The summed E-state index contributed by atoms with van der Waals surface area (Å²) in [6.07, 6.45) is 1.55. The molecule has 1 aromatic carbocycles. The molecule has 2 N–H and O–H groups in total. The topological polar surface area (TPSA) is 79.4 Å². The van der Waals surface area contributed by atoms with E-state index in [-0.39, 0.29) is 11.6 Å². The molecular weight excluding hydrogens is 336 g/mol. The van der Waals surface area contributed by atoms with Gasteiger partial charge in [-0.1, -0.05) is 12.1 Å². The third-order valence-corrected chi connectivity index (χ3v) is 4.44. The van der Waals surface area contributed by atoms with Crippen LogP contribution < -0.4 is 10.2 Å². The lowest BCUT2D eigenvalue weighted by Crippen LogP contribution is -2.18. The first-order chi connectivity index (χ1) is 12.2. The number of ether oxygens (including phenoxy) is 1. The third-order valence-electron chi connectivity index (χ3n) is 3.40. The molecule has 0 saturated carbocycles. The fourth-order valence-corrected chi connectivity index (χ4v) is 3.07. The molecule has 0 radical (unpaired) electrons. The van der Waals surface area contributed by atoms with E-state index in [4.69, 9.17) is 4.74 Å². The SMILES string of the molecule is CCOc1ccccc1C=NNC(=O)c1cc(-c2ccc(C)s2)[nH]n1. The maximum Gasteiger partial charge on any atom is 0.291 e. The van der Waals surface area contributed by atoms with Crippen LogP contribution in [0.3, 0.4) is 0 Å². The number of carbonyl (C=O) groups is 1. The average molecular weight is 354 g/mol. The van der Waals surface area contributed by atoms with Crippen LogP contribution in [0.4, 0.5) is 0 Å². The summed E-state index contributed by atoms with van der Waals surface area (Å²) in [5.41, 5.74) is 4.38. The Kier molecular flexibility index (Phi) is 5.25. The highest BCUT2D eigenvalue weighted by Gasteiger charge is 2.11. The fraction of sp³-hybridized carbons (Fsp3) is 0.167. The Morgan fingerprint density at radius 3 is 2.96 bits per heavy atom. The summed E-state index contributed by atoms with van der Waals surface area (Å²) < 4.78 is 5.51. The van der Waals surface area contributed by atoms with Gasteiger partial charge in [-0.2, -0.15) is 10.2 Å². The van der Waals surface area contributed by atoms with Crippen molar-refractivity contribution in [2.24, 2.45) is 5.10 Å². The lowest BCUT2D eigenvalue weighted by molar-refractivity contribution is 0.0950. The molecule has 6 nitrogen and oxygen atoms in total. The number of aromatic amines is 1. The van der Waals surface area contributed by atoms with Gasteiger partial charge in [0.05, 0.1) is 23.4 Å². The molecule has 25 heavy (non-hydrogen) atoms. The summed E-state index contributed by atoms with van der Waals surface area (Å²) in [7, 11) is 0. The largest absolute Gasteiger partial charge is 0.493 e. The lowest BCUT2D eigenvalue weighted by atomic mass is 10.2. The van der Waals surface area contributed by atoms with E-state index in [1.54, 1.807) is 23.6 Å². The molecule has 0 aliphatic heterocycles. The number of nitrogens with zero attached hydrogens (tertiary/aromatic N) is 2. The second kappa shape index (κ2) is 7.76. The normalized spacial score (nSPS) is 11.0. The smallest absolute Gasteiger partial charge is 0.291 e. The zero-order valence-electron chi connectivity index (χ0n) is 13.9. The molecule has 2 heterocycles. The van der Waals surface area contributed by atoms with Gasteiger partial charge in [0.1, 0.15) is 5.75 Å². The van der Waals surface area contributed by atoms with Gasteiger partial charge >= 0.3 is 0 Å². The van der Waals surface area contributed by atoms with Crippen molar-refractivity contribution < 1.29 is 9.53 Å². The van der Waals surface area contributed by atoms with E-state index in [1.807, 2.05) is 50.2 Å². The summed E-state index contributed by atoms with van der Waals surface area (Å²) in [5.74, 6) is 0.346. The Morgan fingerprint density at radius 2 is 2.20 bits per heavy atom. The summed E-state index contributed by atoms with van der Waals surface area (Å²) in [4.78, 5) is 14.4. The van der Waals surface area contributed by atoms with E-state index >= 15 is 0 Å². The molecule has 3 rings (SSSR count). The van der Waals surface area contributed by atoms with E-state index in [1.165, 1.54) is 4.88 Å². The molecule has 0 fully saturated rings. The first-order valence-electron chi connectivity index (χ1n) is 7.85. The van der Waals surface area contributed by atoms with Crippen LogP contribution in [0.1, 0.15) is 27.9 Å². The summed E-state index contributed by atoms with van der Waals surface area (Å²) in [6, 6.07) is 13.2. The van der Waals surface area contributed by atoms with Gasteiger partial charge in [-0.25, -0.2) is 5.43 Å². The van der Waals surface area contributed by atoms with Gasteiger partial charge in [-0.15, -0.1) is 11.3 Å². The summed E-state index contributed by atoms with van der Waals surface area (Å²) >= 11 is 1.64.